The number of thiazole rings is 1. The van der Waals surface area contributed by atoms with Crippen molar-refractivity contribution in [2.24, 2.45) is 0 Å². The lowest BCUT2D eigenvalue weighted by Gasteiger charge is -2.25. The molecule has 1 atom stereocenters. The van der Waals surface area contributed by atoms with Crippen LogP contribution in [0, 0.1) is 0 Å². The number of anilines is 1. The summed E-state index contributed by atoms with van der Waals surface area (Å²) in [5, 5.41) is 2.39. The van der Waals surface area contributed by atoms with Crippen molar-refractivity contribution >= 4 is 48.9 Å². The molecule has 0 unspecified atom stereocenters. The van der Waals surface area contributed by atoms with Crippen LogP contribution in [0.4, 0.5) is 5.82 Å². The van der Waals surface area contributed by atoms with Crippen LogP contribution in [0.15, 0.2) is 30.6 Å². The molecule has 0 aliphatic heterocycles. The molecular weight excluding hydrogens is 348 g/mol. The van der Waals surface area contributed by atoms with Crippen molar-refractivity contribution in [2.75, 3.05) is 11.9 Å². The van der Waals surface area contributed by atoms with Crippen molar-refractivity contribution in [3.63, 3.8) is 0 Å². The second kappa shape index (κ2) is 5.75. The zero-order valence-corrected chi connectivity index (χ0v) is 15.8. The zero-order valence-electron chi connectivity index (χ0n) is 14.2. The summed E-state index contributed by atoms with van der Waals surface area (Å²) < 4.78 is 1.24. The number of para-hydroxylation sites is 1. The molecule has 25 heavy (non-hydrogen) atoms. The summed E-state index contributed by atoms with van der Waals surface area (Å²) in [7, 11) is 2.12. The van der Waals surface area contributed by atoms with Gasteiger partial charge in [0.2, 0.25) is 0 Å². The van der Waals surface area contributed by atoms with Gasteiger partial charge in [0.25, 0.3) is 0 Å². The molecule has 4 nitrogen and oxygen atoms in total. The first kappa shape index (κ1) is 15.2. The van der Waals surface area contributed by atoms with E-state index < -0.39 is 0 Å². The zero-order chi connectivity index (χ0) is 17.0. The van der Waals surface area contributed by atoms with E-state index >= 15 is 0 Å². The first-order valence-corrected chi connectivity index (χ1v) is 10.2. The molecule has 3 aromatic heterocycles. The van der Waals surface area contributed by atoms with E-state index in [0.29, 0.717) is 0 Å². The minimum absolute atomic E-state index is 0.174. The molecule has 126 valence electrons. The normalized spacial score (nSPS) is 15.0. The topological polar surface area (TPSA) is 41.9 Å². The van der Waals surface area contributed by atoms with Crippen molar-refractivity contribution < 1.29 is 0 Å². The van der Waals surface area contributed by atoms with Crippen LogP contribution < -0.4 is 4.90 Å². The molecule has 6 heteroatoms. The maximum absolute atomic E-state index is 4.84. The predicted octanol–water partition coefficient (Wildman–Crippen LogP) is 4.99. The molecule has 4 aromatic rings. The third kappa shape index (κ3) is 2.35. The van der Waals surface area contributed by atoms with Crippen LogP contribution in [0.2, 0.25) is 0 Å². The summed E-state index contributed by atoms with van der Waals surface area (Å²) in [6.45, 7) is 2.21. The van der Waals surface area contributed by atoms with Crippen LogP contribution in [0.1, 0.15) is 34.8 Å². The Hall–Kier alpha value is -2.05. The third-order valence-electron chi connectivity index (χ3n) is 5.06. The first-order chi connectivity index (χ1) is 12.2. The van der Waals surface area contributed by atoms with Crippen molar-refractivity contribution in [1.82, 2.24) is 15.0 Å². The van der Waals surface area contributed by atoms with E-state index in [-0.39, 0.29) is 6.04 Å². The van der Waals surface area contributed by atoms with Gasteiger partial charge in [0.1, 0.15) is 22.0 Å². The van der Waals surface area contributed by atoms with Crippen molar-refractivity contribution in [1.29, 1.82) is 0 Å². The number of benzene rings is 1. The number of hydrogen-bond acceptors (Lipinski definition) is 6. The Kier molecular flexibility index (Phi) is 3.50. The highest BCUT2D eigenvalue weighted by atomic mass is 32.1. The van der Waals surface area contributed by atoms with Crippen LogP contribution >= 0.6 is 22.7 Å². The Bertz CT molecular complexity index is 1050. The molecule has 0 saturated carbocycles. The summed E-state index contributed by atoms with van der Waals surface area (Å²) in [5.41, 5.74) is 2.55. The van der Waals surface area contributed by atoms with Gasteiger partial charge in [-0.2, -0.15) is 0 Å². The molecule has 0 radical (unpaired) electrons. The first-order valence-electron chi connectivity index (χ1n) is 8.56. The van der Waals surface area contributed by atoms with Gasteiger partial charge in [0.05, 0.1) is 21.6 Å². The summed E-state index contributed by atoms with van der Waals surface area (Å²) in [5.74, 6) is 1.04. The molecular formula is C19H18N4S2. The number of thiophene rings is 1. The van der Waals surface area contributed by atoms with Gasteiger partial charge in [0.15, 0.2) is 0 Å². The van der Waals surface area contributed by atoms with E-state index in [9.17, 15) is 0 Å². The Balaban J connectivity index is 1.59. The lowest BCUT2D eigenvalue weighted by atomic mass is 10.1. The highest BCUT2D eigenvalue weighted by Crippen LogP contribution is 2.41. The van der Waals surface area contributed by atoms with Gasteiger partial charge in [0, 0.05) is 11.9 Å². The molecule has 0 amide bonds. The van der Waals surface area contributed by atoms with Gasteiger partial charge in [-0.05, 0) is 43.9 Å². The van der Waals surface area contributed by atoms with Gasteiger partial charge in [-0.1, -0.05) is 12.1 Å². The van der Waals surface area contributed by atoms with Crippen molar-refractivity contribution in [2.45, 2.75) is 32.2 Å². The Morgan fingerprint density at radius 3 is 2.88 bits per heavy atom. The van der Waals surface area contributed by atoms with Crippen LogP contribution in [-0.2, 0) is 12.8 Å². The van der Waals surface area contributed by atoms with Crippen LogP contribution in [0.3, 0.4) is 0 Å². The fraction of sp³-hybridized carbons (Fsp3) is 0.316. The maximum Gasteiger partial charge on any atom is 0.141 e. The number of rotatable bonds is 3. The van der Waals surface area contributed by atoms with Gasteiger partial charge >= 0.3 is 0 Å². The Morgan fingerprint density at radius 1 is 1.12 bits per heavy atom. The number of aromatic nitrogens is 3. The number of hydrogen-bond donors (Lipinski definition) is 0. The fourth-order valence-corrected chi connectivity index (χ4v) is 5.88. The molecule has 0 spiro atoms. The van der Waals surface area contributed by atoms with E-state index in [1.807, 2.05) is 17.4 Å². The number of fused-ring (bicyclic) bond motifs is 4. The van der Waals surface area contributed by atoms with Crippen LogP contribution in [0.5, 0.6) is 0 Å². The van der Waals surface area contributed by atoms with E-state index in [2.05, 4.69) is 47.0 Å². The van der Waals surface area contributed by atoms with Crippen LogP contribution in [0.25, 0.3) is 20.4 Å². The minimum atomic E-state index is 0.174. The highest BCUT2D eigenvalue weighted by Gasteiger charge is 2.25. The molecule has 0 fully saturated rings. The Morgan fingerprint density at radius 2 is 2.00 bits per heavy atom. The van der Waals surface area contributed by atoms with Gasteiger partial charge in [-0.25, -0.2) is 15.0 Å². The van der Waals surface area contributed by atoms with Crippen molar-refractivity contribution in [3.05, 3.63) is 46.0 Å². The molecule has 5 rings (SSSR count). The molecule has 3 heterocycles. The average Bonchev–Trinajstić information content (AvgIpc) is 3.33. The molecule has 0 N–H and O–H groups in total. The smallest absolute Gasteiger partial charge is 0.141 e. The fourth-order valence-electron chi connectivity index (χ4n) is 3.60. The molecule has 0 saturated heterocycles. The summed E-state index contributed by atoms with van der Waals surface area (Å²) in [6.07, 6.45) is 5.29. The molecule has 1 aromatic carbocycles. The molecule has 1 aliphatic carbocycles. The highest BCUT2D eigenvalue weighted by molar-refractivity contribution is 7.19. The summed E-state index contributed by atoms with van der Waals surface area (Å²) in [6, 6.07) is 8.51. The maximum atomic E-state index is 4.84. The third-order valence-corrected chi connectivity index (χ3v) is 7.47. The number of nitrogens with zero attached hydrogens (tertiary/aromatic N) is 4. The van der Waals surface area contributed by atoms with Gasteiger partial charge in [-0.3, -0.25) is 0 Å². The van der Waals surface area contributed by atoms with Crippen molar-refractivity contribution in [3.8, 4) is 0 Å². The van der Waals surface area contributed by atoms with E-state index in [4.69, 9.17) is 4.98 Å². The second-order valence-corrected chi connectivity index (χ2v) is 8.69. The SMILES string of the molecule is C[C@@H](c1nc2ccccc2s1)N(C)c1ncnc2sc3c(c12)CCC3. The van der Waals surface area contributed by atoms with Gasteiger partial charge in [-0.15, -0.1) is 22.7 Å². The van der Waals surface area contributed by atoms with E-state index in [0.717, 1.165) is 27.6 Å². The summed E-state index contributed by atoms with van der Waals surface area (Å²) >= 11 is 3.61. The minimum Gasteiger partial charge on any atom is -0.350 e. The standard InChI is InChI=1S/C19H18N4S2/c1-11(18-22-13-7-3-4-8-15(13)25-18)23(2)17-16-12-6-5-9-14(12)24-19(16)21-10-20-17/h3-4,7-8,10-11H,5-6,9H2,1-2H3/t11-/m0/s1. The van der Waals surface area contributed by atoms with E-state index in [1.54, 1.807) is 17.7 Å². The predicted molar refractivity (Wildman–Crippen MR) is 106 cm³/mol. The molecule has 1 aliphatic rings. The molecule has 0 bridgehead atoms. The van der Waals surface area contributed by atoms with E-state index in [1.165, 1.54) is 33.4 Å². The lowest BCUT2D eigenvalue weighted by Crippen LogP contribution is -2.23. The summed E-state index contributed by atoms with van der Waals surface area (Å²) in [4.78, 5) is 18.9. The Labute approximate surface area is 154 Å². The number of aryl methyl sites for hydroxylation is 2. The second-order valence-electron chi connectivity index (χ2n) is 6.54. The van der Waals surface area contributed by atoms with Crippen LogP contribution in [-0.4, -0.2) is 22.0 Å². The lowest BCUT2D eigenvalue weighted by molar-refractivity contribution is 0.726. The van der Waals surface area contributed by atoms with Gasteiger partial charge < -0.3 is 4.90 Å². The monoisotopic (exact) mass is 366 g/mol. The largest absolute Gasteiger partial charge is 0.350 e. The average molecular weight is 367 g/mol. The quantitative estimate of drug-likeness (QED) is 0.512.